The number of carbonyl (C=O) groups excluding carboxylic acids is 1. The van der Waals surface area contributed by atoms with Crippen molar-refractivity contribution in [3.8, 4) is 17.2 Å². The Bertz CT molecular complexity index is 793. The molecule has 26 heavy (non-hydrogen) atoms. The lowest BCUT2D eigenvalue weighted by atomic mass is 10.1. The number of rotatable bonds is 8. The highest BCUT2D eigenvalue weighted by atomic mass is 16.7. The summed E-state index contributed by atoms with van der Waals surface area (Å²) in [7, 11) is 3.89. The smallest absolute Gasteiger partial charge is 0.327 e. The van der Waals surface area contributed by atoms with Gasteiger partial charge in [-0.05, 0) is 5.56 Å². The standard InChI is InChI=1S/C17H18N2O7/c1-23-13-9-12(14(19(21)22)16(25-3)15(13)24-2)17(20)18-26-10-11-7-5-4-6-8-11/h4-9H,10H2,1-3H3,(H,18,20). The van der Waals surface area contributed by atoms with Gasteiger partial charge in [0.05, 0.1) is 32.9 Å². The molecule has 0 radical (unpaired) electrons. The summed E-state index contributed by atoms with van der Waals surface area (Å²) in [6, 6.07) is 10.3. The number of benzene rings is 2. The Balaban J connectivity index is 2.31. The summed E-state index contributed by atoms with van der Waals surface area (Å²) < 4.78 is 15.3. The zero-order valence-corrected chi connectivity index (χ0v) is 14.5. The van der Waals surface area contributed by atoms with Crippen LogP contribution in [0.1, 0.15) is 15.9 Å². The summed E-state index contributed by atoms with van der Waals surface area (Å²) in [4.78, 5) is 28.3. The molecule has 9 heteroatoms. The number of ether oxygens (including phenoxy) is 3. The van der Waals surface area contributed by atoms with Crippen molar-refractivity contribution in [3.63, 3.8) is 0 Å². The number of hydroxylamine groups is 1. The van der Waals surface area contributed by atoms with Crippen molar-refractivity contribution in [3.05, 3.63) is 57.6 Å². The quantitative estimate of drug-likeness (QED) is 0.567. The van der Waals surface area contributed by atoms with Gasteiger partial charge in [0, 0.05) is 6.07 Å². The molecule has 0 atom stereocenters. The summed E-state index contributed by atoms with van der Waals surface area (Å²) in [5, 5.41) is 11.5. The van der Waals surface area contributed by atoms with E-state index in [1.807, 2.05) is 30.3 Å². The third-order valence-electron chi connectivity index (χ3n) is 3.48. The zero-order valence-electron chi connectivity index (χ0n) is 14.5. The van der Waals surface area contributed by atoms with E-state index in [2.05, 4.69) is 5.48 Å². The van der Waals surface area contributed by atoms with E-state index in [-0.39, 0.29) is 29.4 Å². The van der Waals surface area contributed by atoms with Crippen molar-refractivity contribution in [1.29, 1.82) is 0 Å². The maximum Gasteiger partial charge on any atom is 0.327 e. The van der Waals surface area contributed by atoms with Crippen LogP contribution >= 0.6 is 0 Å². The topological polar surface area (TPSA) is 109 Å². The van der Waals surface area contributed by atoms with Gasteiger partial charge in [0.1, 0.15) is 5.56 Å². The van der Waals surface area contributed by atoms with Crippen LogP contribution in [0.2, 0.25) is 0 Å². The van der Waals surface area contributed by atoms with Gasteiger partial charge in [-0.15, -0.1) is 0 Å². The number of hydrogen-bond donors (Lipinski definition) is 1. The van der Waals surface area contributed by atoms with E-state index in [1.165, 1.54) is 27.4 Å². The lowest BCUT2D eigenvalue weighted by Crippen LogP contribution is -2.24. The summed E-state index contributed by atoms with van der Waals surface area (Å²) in [6.07, 6.45) is 0. The zero-order chi connectivity index (χ0) is 19.1. The second-order valence-corrected chi connectivity index (χ2v) is 5.00. The maximum atomic E-state index is 12.4. The number of carbonyl (C=O) groups is 1. The van der Waals surface area contributed by atoms with Gasteiger partial charge in [-0.3, -0.25) is 19.7 Å². The second kappa shape index (κ2) is 8.67. The lowest BCUT2D eigenvalue weighted by Gasteiger charge is -2.14. The van der Waals surface area contributed by atoms with Crippen molar-refractivity contribution in [2.45, 2.75) is 6.61 Å². The highest BCUT2D eigenvalue weighted by Gasteiger charge is 2.32. The van der Waals surface area contributed by atoms with Crippen LogP contribution in [0.15, 0.2) is 36.4 Å². The Kier molecular flexibility index (Phi) is 6.34. The molecule has 2 aromatic carbocycles. The number of nitrogens with one attached hydrogen (secondary N) is 1. The molecule has 0 aliphatic heterocycles. The molecule has 9 nitrogen and oxygen atoms in total. The minimum absolute atomic E-state index is 0.0171. The molecule has 0 fully saturated rings. The van der Waals surface area contributed by atoms with E-state index in [1.54, 1.807) is 0 Å². The van der Waals surface area contributed by atoms with Crippen LogP contribution in [0, 0.1) is 10.1 Å². The average molecular weight is 362 g/mol. The molecule has 0 bridgehead atoms. The van der Waals surface area contributed by atoms with Gasteiger partial charge in [-0.1, -0.05) is 30.3 Å². The monoisotopic (exact) mass is 362 g/mol. The first-order valence-electron chi connectivity index (χ1n) is 7.46. The van der Waals surface area contributed by atoms with Crippen molar-refractivity contribution in [2.24, 2.45) is 0 Å². The van der Waals surface area contributed by atoms with Crippen molar-refractivity contribution >= 4 is 11.6 Å². The third kappa shape index (κ3) is 4.01. The van der Waals surface area contributed by atoms with Crippen LogP contribution in [0.4, 0.5) is 5.69 Å². The fourth-order valence-electron chi connectivity index (χ4n) is 2.31. The fourth-order valence-corrected chi connectivity index (χ4v) is 2.31. The van der Waals surface area contributed by atoms with Crippen molar-refractivity contribution in [1.82, 2.24) is 5.48 Å². The molecule has 2 aromatic rings. The molecular formula is C17H18N2O7. The van der Waals surface area contributed by atoms with Gasteiger partial charge in [0.2, 0.25) is 11.5 Å². The minimum atomic E-state index is -0.813. The molecular weight excluding hydrogens is 344 g/mol. The van der Waals surface area contributed by atoms with Crippen molar-refractivity contribution < 1.29 is 28.8 Å². The van der Waals surface area contributed by atoms with Crippen LogP contribution in [0.25, 0.3) is 0 Å². The van der Waals surface area contributed by atoms with E-state index in [4.69, 9.17) is 19.0 Å². The number of nitrogens with zero attached hydrogens (tertiary/aromatic N) is 1. The Morgan fingerprint density at radius 3 is 2.27 bits per heavy atom. The number of hydrogen-bond acceptors (Lipinski definition) is 7. The second-order valence-electron chi connectivity index (χ2n) is 5.00. The van der Waals surface area contributed by atoms with Crippen molar-refractivity contribution in [2.75, 3.05) is 21.3 Å². The first kappa shape index (κ1) is 19.0. The van der Waals surface area contributed by atoms with E-state index < -0.39 is 16.5 Å². The summed E-state index contributed by atoms with van der Waals surface area (Å²) >= 11 is 0. The van der Waals surface area contributed by atoms with Crippen LogP contribution in [0.5, 0.6) is 17.2 Å². The van der Waals surface area contributed by atoms with Gasteiger partial charge in [0.15, 0.2) is 5.75 Å². The maximum absolute atomic E-state index is 12.4. The summed E-state index contributed by atoms with van der Waals surface area (Å²) in [5.74, 6) is -0.899. The molecule has 0 saturated carbocycles. The molecule has 138 valence electrons. The molecule has 0 aliphatic rings. The molecule has 2 rings (SSSR count). The van der Waals surface area contributed by atoms with Gasteiger partial charge in [-0.2, -0.15) is 0 Å². The number of amides is 1. The molecule has 0 saturated heterocycles. The van der Waals surface area contributed by atoms with E-state index in [0.717, 1.165) is 5.56 Å². The van der Waals surface area contributed by atoms with Crippen LogP contribution < -0.4 is 19.7 Å². The Labute approximate surface area is 149 Å². The number of nitro benzene ring substituents is 1. The lowest BCUT2D eigenvalue weighted by molar-refractivity contribution is -0.386. The van der Waals surface area contributed by atoms with Gasteiger partial charge in [-0.25, -0.2) is 5.48 Å². The van der Waals surface area contributed by atoms with E-state index in [0.29, 0.717) is 0 Å². The van der Waals surface area contributed by atoms with E-state index >= 15 is 0 Å². The molecule has 0 aromatic heterocycles. The predicted octanol–water partition coefficient (Wildman–Crippen LogP) is 2.48. The Hall–Kier alpha value is -3.33. The highest BCUT2D eigenvalue weighted by Crippen LogP contribution is 2.46. The number of methoxy groups -OCH3 is 3. The number of nitro groups is 1. The first-order chi connectivity index (χ1) is 12.5. The van der Waals surface area contributed by atoms with Crippen LogP contribution in [0.3, 0.4) is 0 Å². The Morgan fingerprint density at radius 1 is 1.08 bits per heavy atom. The molecule has 1 amide bonds. The average Bonchev–Trinajstić information content (AvgIpc) is 2.66. The summed E-state index contributed by atoms with van der Waals surface area (Å²) in [5.41, 5.74) is 2.18. The van der Waals surface area contributed by atoms with Gasteiger partial charge in [0.25, 0.3) is 5.91 Å². The molecule has 1 N–H and O–H groups in total. The molecule has 0 aliphatic carbocycles. The third-order valence-corrected chi connectivity index (χ3v) is 3.48. The predicted molar refractivity (Wildman–Crippen MR) is 91.4 cm³/mol. The van der Waals surface area contributed by atoms with E-state index in [9.17, 15) is 14.9 Å². The van der Waals surface area contributed by atoms with Crippen LogP contribution in [-0.2, 0) is 11.4 Å². The summed E-state index contributed by atoms with van der Waals surface area (Å²) in [6.45, 7) is 0.102. The SMILES string of the molecule is COc1cc(C(=O)NOCc2ccccc2)c([N+](=O)[O-])c(OC)c1OC. The fraction of sp³-hybridized carbons (Fsp3) is 0.235. The first-order valence-corrected chi connectivity index (χ1v) is 7.46. The Morgan fingerprint density at radius 2 is 1.73 bits per heavy atom. The van der Waals surface area contributed by atoms with Crippen LogP contribution in [-0.4, -0.2) is 32.2 Å². The molecule has 0 heterocycles. The highest BCUT2D eigenvalue weighted by molar-refractivity contribution is 6.00. The van der Waals surface area contributed by atoms with Gasteiger partial charge < -0.3 is 14.2 Å². The normalized spacial score (nSPS) is 10.1. The largest absolute Gasteiger partial charge is 0.493 e. The molecule has 0 spiro atoms. The van der Waals surface area contributed by atoms with Gasteiger partial charge >= 0.3 is 5.69 Å². The minimum Gasteiger partial charge on any atom is -0.493 e. The molecule has 0 unspecified atom stereocenters.